The fraction of sp³-hybridized carbons (Fsp3) is 0.500. The normalized spacial score (nSPS) is 12.9. The third-order valence-electron chi connectivity index (χ3n) is 2.73. The van der Waals surface area contributed by atoms with Crippen molar-refractivity contribution in [2.45, 2.75) is 37.4 Å². The van der Waals surface area contributed by atoms with Gasteiger partial charge in [-0.15, -0.1) is 12.4 Å². The molecular formula is C12H18ClF3N2O2S. The van der Waals surface area contributed by atoms with Crippen molar-refractivity contribution in [1.82, 2.24) is 4.72 Å². The van der Waals surface area contributed by atoms with Gasteiger partial charge in [0.1, 0.15) is 0 Å². The molecule has 0 aliphatic carbocycles. The second-order valence-electron chi connectivity index (χ2n) is 5.17. The first-order valence-electron chi connectivity index (χ1n) is 5.81. The van der Waals surface area contributed by atoms with Gasteiger partial charge in [0, 0.05) is 12.1 Å². The summed E-state index contributed by atoms with van der Waals surface area (Å²) >= 11 is 0. The molecule has 0 amide bonds. The molecule has 0 unspecified atom stereocenters. The van der Waals surface area contributed by atoms with Crippen molar-refractivity contribution >= 4 is 22.4 Å². The number of hydrogen-bond acceptors (Lipinski definition) is 3. The molecule has 0 aliphatic heterocycles. The highest BCUT2D eigenvalue weighted by Gasteiger charge is 2.33. The molecule has 0 aromatic heterocycles. The Kier molecular flexibility index (Phi) is 6.26. The molecule has 0 fully saturated rings. The van der Waals surface area contributed by atoms with Gasteiger partial charge in [0.15, 0.2) is 0 Å². The number of hydrogen-bond donors (Lipinski definition) is 2. The summed E-state index contributed by atoms with van der Waals surface area (Å²) in [6, 6.07) is 2.61. The van der Waals surface area contributed by atoms with Crippen LogP contribution in [-0.4, -0.2) is 20.5 Å². The van der Waals surface area contributed by atoms with Crippen LogP contribution < -0.4 is 10.5 Å². The van der Waals surface area contributed by atoms with Gasteiger partial charge in [0.25, 0.3) is 0 Å². The van der Waals surface area contributed by atoms with Crippen molar-refractivity contribution in [3.8, 4) is 0 Å². The van der Waals surface area contributed by atoms with Gasteiger partial charge in [-0.25, -0.2) is 13.1 Å². The van der Waals surface area contributed by atoms with Crippen LogP contribution in [0.1, 0.15) is 25.0 Å². The lowest BCUT2D eigenvalue weighted by Gasteiger charge is -2.24. The van der Waals surface area contributed by atoms with Gasteiger partial charge >= 0.3 is 6.18 Å². The van der Waals surface area contributed by atoms with Crippen molar-refractivity contribution in [3.63, 3.8) is 0 Å². The number of benzene rings is 1. The van der Waals surface area contributed by atoms with E-state index in [-0.39, 0.29) is 24.5 Å². The molecule has 21 heavy (non-hydrogen) atoms. The zero-order valence-corrected chi connectivity index (χ0v) is 13.4. The fourth-order valence-corrected chi connectivity index (χ4v) is 3.22. The third kappa shape index (κ3) is 5.14. The van der Waals surface area contributed by atoms with Gasteiger partial charge in [-0.2, -0.15) is 13.2 Å². The van der Waals surface area contributed by atoms with E-state index in [9.17, 15) is 21.6 Å². The molecule has 122 valence electrons. The molecule has 0 saturated heterocycles. The monoisotopic (exact) mass is 346 g/mol. The molecule has 0 heterocycles. The molecule has 0 bridgehead atoms. The lowest BCUT2D eigenvalue weighted by Crippen LogP contribution is -2.48. The van der Waals surface area contributed by atoms with E-state index in [1.807, 2.05) is 0 Å². The summed E-state index contributed by atoms with van der Waals surface area (Å²) in [7, 11) is -4.07. The highest BCUT2D eigenvalue weighted by Crippen LogP contribution is 2.31. The summed E-state index contributed by atoms with van der Waals surface area (Å²) < 4.78 is 64.6. The Morgan fingerprint density at radius 3 is 2.19 bits per heavy atom. The van der Waals surface area contributed by atoms with E-state index in [2.05, 4.69) is 4.72 Å². The Hall–Kier alpha value is -0.830. The Labute approximate surface area is 128 Å². The summed E-state index contributed by atoms with van der Waals surface area (Å²) in [6.45, 7) is 4.55. The van der Waals surface area contributed by atoms with Crippen molar-refractivity contribution < 1.29 is 21.6 Å². The Balaban J connectivity index is 0.00000400. The maximum atomic E-state index is 12.7. The van der Waals surface area contributed by atoms with Gasteiger partial charge in [0.05, 0.1) is 10.5 Å². The van der Waals surface area contributed by atoms with E-state index in [4.69, 9.17) is 5.73 Å². The number of aryl methyl sites for hydroxylation is 1. The summed E-state index contributed by atoms with van der Waals surface area (Å²) in [5, 5.41) is 0. The number of nitrogens with one attached hydrogen (secondary N) is 1. The lowest BCUT2D eigenvalue weighted by molar-refractivity contribution is -0.137. The number of nitrogens with two attached hydrogens (primary N) is 1. The summed E-state index contributed by atoms with van der Waals surface area (Å²) in [5.74, 6) is 0. The Morgan fingerprint density at radius 1 is 1.24 bits per heavy atom. The zero-order chi connectivity index (χ0) is 15.8. The smallest absolute Gasteiger partial charge is 0.329 e. The van der Waals surface area contributed by atoms with Crippen LogP contribution in [0.2, 0.25) is 0 Å². The second kappa shape index (κ2) is 6.51. The fourth-order valence-electron chi connectivity index (χ4n) is 1.53. The quantitative estimate of drug-likeness (QED) is 0.879. The number of alkyl halides is 3. The predicted octanol–water partition coefficient (Wildman–Crippen LogP) is 2.45. The summed E-state index contributed by atoms with van der Waals surface area (Å²) in [6.07, 6.45) is -4.60. The molecule has 0 aliphatic rings. The summed E-state index contributed by atoms with van der Waals surface area (Å²) in [4.78, 5) is -0.395. The molecule has 0 radical (unpaired) electrons. The topological polar surface area (TPSA) is 72.2 Å². The standard InChI is InChI=1S/C12H17F3N2O2S.ClH/c1-8-4-5-9(12(13,14)15)6-10(8)20(18,19)17-11(2,3)7-16;/h4-6,17H,7,16H2,1-3H3;1H. The molecule has 0 spiro atoms. The van der Waals surface area contributed by atoms with Crippen molar-refractivity contribution in [2.24, 2.45) is 5.73 Å². The lowest BCUT2D eigenvalue weighted by atomic mass is 10.1. The van der Waals surface area contributed by atoms with E-state index in [0.29, 0.717) is 6.07 Å². The van der Waals surface area contributed by atoms with E-state index in [1.54, 1.807) is 13.8 Å². The van der Waals surface area contributed by atoms with Gasteiger partial charge in [0.2, 0.25) is 10.0 Å². The average molecular weight is 347 g/mol. The van der Waals surface area contributed by atoms with Crippen LogP contribution in [0.3, 0.4) is 0 Å². The van der Waals surface area contributed by atoms with Crippen LogP contribution in [0.4, 0.5) is 13.2 Å². The van der Waals surface area contributed by atoms with Crippen LogP contribution in [0.5, 0.6) is 0 Å². The molecule has 4 nitrogen and oxygen atoms in total. The molecule has 0 atom stereocenters. The van der Waals surface area contributed by atoms with Gasteiger partial charge in [-0.1, -0.05) is 6.07 Å². The number of rotatable bonds is 4. The van der Waals surface area contributed by atoms with E-state index in [0.717, 1.165) is 12.1 Å². The second-order valence-corrected chi connectivity index (χ2v) is 6.82. The molecule has 1 aromatic rings. The molecule has 9 heteroatoms. The van der Waals surface area contributed by atoms with Gasteiger partial charge in [-0.3, -0.25) is 0 Å². The SMILES string of the molecule is Cc1ccc(C(F)(F)F)cc1S(=O)(=O)NC(C)(C)CN.Cl. The van der Waals surface area contributed by atoms with E-state index >= 15 is 0 Å². The maximum Gasteiger partial charge on any atom is 0.416 e. The molecule has 1 rings (SSSR count). The van der Waals surface area contributed by atoms with Crippen molar-refractivity contribution in [2.75, 3.05) is 6.54 Å². The average Bonchev–Trinajstić information content (AvgIpc) is 2.26. The first-order valence-corrected chi connectivity index (χ1v) is 7.29. The largest absolute Gasteiger partial charge is 0.416 e. The Bertz CT molecular complexity index is 601. The molecule has 0 saturated carbocycles. The maximum absolute atomic E-state index is 12.7. The minimum Gasteiger partial charge on any atom is -0.329 e. The van der Waals surface area contributed by atoms with Crippen LogP contribution in [0.15, 0.2) is 23.1 Å². The number of sulfonamides is 1. The minimum absolute atomic E-state index is 0. The predicted molar refractivity (Wildman–Crippen MR) is 76.9 cm³/mol. The van der Waals surface area contributed by atoms with Crippen molar-refractivity contribution in [1.29, 1.82) is 0 Å². The van der Waals surface area contributed by atoms with E-state index in [1.165, 1.54) is 6.92 Å². The van der Waals surface area contributed by atoms with Crippen LogP contribution in [0.25, 0.3) is 0 Å². The molecule has 3 N–H and O–H groups in total. The highest BCUT2D eigenvalue weighted by molar-refractivity contribution is 7.89. The highest BCUT2D eigenvalue weighted by atomic mass is 35.5. The third-order valence-corrected chi connectivity index (χ3v) is 4.57. The molecule has 1 aromatic carbocycles. The zero-order valence-electron chi connectivity index (χ0n) is 11.8. The Morgan fingerprint density at radius 2 is 1.76 bits per heavy atom. The van der Waals surface area contributed by atoms with E-state index < -0.39 is 32.2 Å². The minimum atomic E-state index is -4.60. The molecular weight excluding hydrogens is 329 g/mol. The van der Waals surface area contributed by atoms with Gasteiger partial charge in [-0.05, 0) is 38.5 Å². The summed E-state index contributed by atoms with van der Waals surface area (Å²) in [5.41, 5.74) is 3.71. The van der Waals surface area contributed by atoms with Gasteiger partial charge < -0.3 is 5.73 Å². The number of halogens is 4. The van der Waals surface area contributed by atoms with Crippen molar-refractivity contribution in [3.05, 3.63) is 29.3 Å². The van der Waals surface area contributed by atoms with Crippen LogP contribution >= 0.6 is 12.4 Å². The first-order chi connectivity index (χ1) is 8.89. The first kappa shape index (κ1) is 20.2. The van der Waals surface area contributed by atoms with Crippen LogP contribution in [-0.2, 0) is 16.2 Å². The van der Waals surface area contributed by atoms with Crippen LogP contribution in [0, 0.1) is 6.92 Å².